The molecular formula is C21H22N2O2S. The minimum Gasteiger partial charge on any atom is -0.337 e. The van der Waals surface area contributed by atoms with Gasteiger partial charge in [0.05, 0.1) is 0 Å². The van der Waals surface area contributed by atoms with Crippen LogP contribution in [0.15, 0.2) is 64.2 Å². The Bertz CT molecular complexity index is 930. The van der Waals surface area contributed by atoms with Crippen molar-refractivity contribution >= 4 is 17.2 Å². The molecule has 1 aromatic carbocycles. The van der Waals surface area contributed by atoms with Gasteiger partial charge in [0.1, 0.15) is 5.56 Å². The zero-order chi connectivity index (χ0) is 18.5. The van der Waals surface area contributed by atoms with Crippen LogP contribution in [0, 0.1) is 6.92 Å². The van der Waals surface area contributed by atoms with Gasteiger partial charge in [0.25, 0.3) is 11.5 Å². The van der Waals surface area contributed by atoms with Gasteiger partial charge in [0, 0.05) is 26.3 Å². The largest absolute Gasteiger partial charge is 0.337 e. The van der Waals surface area contributed by atoms with E-state index in [0.29, 0.717) is 18.7 Å². The maximum Gasteiger partial charge on any atom is 0.263 e. The molecule has 1 amide bonds. The lowest BCUT2D eigenvalue weighted by Gasteiger charge is -2.18. The lowest BCUT2D eigenvalue weighted by atomic mass is 10.1. The van der Waals surface area contributed by atoms with Crippen LogP contribution in [-0.2, 0) is 19.5 Å². The van der Waals surface area contributed by atoms with Crippen LogP contribution in [0.1, 0.15) is 27.0 Å². The van der Waals surface area contributed by atoms with Gasteiger partial charge in [-0.1, -0.05) is 30.3 Å². The highest BCUT2D eigenvalue weighted by Gasteiger charge is 2.19. The van der Waals surface area contributed by atoms with E-state index in [1.54, 1.807) is 34.0 Å². The first-order chi connectivity index (χ1) is 12.6. The smallest absolute Gasteiger partial charge is 0.263 e. The number of hydrogen-bond acceptors (Lipinski definition) is 3. The highest BCUT2D eigenvalue weighted by Crippen LogP contribution is 2.12. The first kappa shape index (κ1) is 18.1. The molecule has 0 radical (unpaired) electrons. The molecular weight excluding hydrogens is 344 g/mol. The summed E-state index contributed by atoms with van der Waals surface area (Å²) in [6.45, 7) is 2.87. The molecule has 134 valence electrons. The number of benzene rings is 1. The normalized spacial score (nSPS) is 10.7. The van der Waals surface area contributed by atoms with E-state index < -0.39 is 0 Å². The van der Waals surface area contributed by atoms with Crippen LogP contribution in [0.4, 0.5) is 0 Å². The third kappa shape index (κ3) is 4.11. The number of carbonyl (C=O) groups is 1. The van der Waals surface area contributed by atoms with Crippen LogP contribution < -0.4 is 5.56 Å². The zero-order valence-electron chi connectivity index (χ0n) is 15.0. The number of hydrogen-bond donors (Lipinski definition) is 0. The van der Waals surface area contributed by atoms with Crippen LogP contribution >= 0.6 is 11.3 Å². The van der Waals surface area contributed by atoms with Gasteiger partial charge in [-0.05, 0) is 52.9 Å². The van der Waals surface area contributed by atoms with E-state index in [1.165, 1.54) is 5.56 Å². The molecule has 26 heavy (non-hydrogen) atoms. The van der Waals surface area contributed by atoms with Gasteiger partial charge in [-0.2, -0.15) is 11.3 Å². The third-order valence-corrected chi connectivity index (χ3v) is 5.15. The van der Waals surface area contributed by atoms with Crippen LogP contribution in [0.5, 0.6) is 0 Å². The van der Waals surface area contributed by atoms with Crippen molar-refractivity contribution < 1.29 is 4.79 Å². The maximum absolute atomic E-state index is 12.9. The van der Waals surface area contributed by atoms with E-state index in [1.807, 2.05) is 60.1 Å². The molecule has 2 heterocycles. The average molecular weight is 366 g/mol. The Kier molecular flexibility index (Phi) is 5.68. The fraction of sp³-hybridized carbons (Fsp3) is 0.238. The fourth-order valence-electron chi connectivity index (χ4n) is 2.91. The Hall–Kier alpha value is -2.66. The molecule has 4 nitrogen and oxygen atoms in total. The van der Waals surface area contributed by atoms with Gasteiger partial charge in [-0.25, -0.2) is 0 Å². The van der Waals surface area contributed by atoms with Gasteiger partial charge in [0.15, 0.2) is 0 Å². The van der Waals surface area contributed by atoms with E-state index in [2.05, 4.69) is 0 Å². The van der Waals surface area contributed by atoms with E-state index in [9.17, 15) is 9.59 Å². The van der Waals surface area contributed by atoms with Crippen molar-refractivity contribution in [2.75, 3.05) is 7.05 Å². The zero-order valence-corrected chi connectivity index (χ0v) is 15.8. The maximum atomic E-state index is 12.9. The molecule has 0 N–H and O–H groups in total. The van der Waals surface area contributed by atoms with Crippen molar-refractivity contribution in [3.05, 3.63) is 92.0 Å². The topological polar surface area (TPSA) is 42.3 Å². The third-order valence-electron chi connectivity index (χ3n) is 4.42. The molecule has 5 heteroatoms. The second-order valence-electron chi connectivity index (χ2n) is 6.40. The van der Waals surface area contributed by atoms with Crippen molar-refractivity contribution in [3.63, 3.8) is 0 Å². The number of thiophene rings is 1. The van der Waals surface area contributed by atoms with Crippen molar-refractivity contribution in [3.8, 4) is 0 Å². The fourth-order valence-corrected chi connectivity index (χ4v) is 3.57. The van der Waals surface area contributed by atoms with Gasteiger partial charge in [-0.15, -0.1) is 0 Å². The van der Waals surface area contributed by atoms with Gasteiger partial charge < -0.3 is 9.47 Å². The number of pyridine rings is 1. The summed E-state index contributed by atoms with van der Waals surface area (Å²) in [6, 6.07) is 13.9. The quantitative estimate of drug-likeness (QED) is 0.667. The molecule has 0 fully saturated rings. The van der Waals surface area contributed by atoms with Crippen molar-refractivity contribution in [1.29, 1.82) is 0 Å². The summed E-state index contributed by atoms with van der Waals surface area (Å²) in [5, 5.41) is 4.00. The van der Waals surface area contributed by atoms with E-state index >= 15 is 0 Å². The molecule has 0 aliphatic rings. The van der Waals surface area contributed by atoms with E-state index in [-0.39, 0.29) is 17.0 Å². The Morgan fingerprint density at radius 1 is 1.12 bits per heavy atom. The SMILES string of the molecule is Cc1ccn(CCc2ccccc2)c(=O)c1C(=O)N(C)Cc1ccsc1. The number of carbonyl (C=O) groups excluding carboxylic acids is 1. The summed E-state index contributed by atoms with van der Waals surface area (Å²) in [5.74, 6) is -0.229. The van der Waals surface area contributed by atoms with Gasteiger partial charge >= 0.3 is 0 Å². The van der Waals surface area contributed by atoms with Crippen molar-refractivity contribution in [2.45, 2.75) is 26.4 Å². The van der Waals surface area contributed by atoms with Crippen molar-refractivity contribution in [2.24, 2.45) is 0 Å². The second-order valence-corrected chi connectivity index (χ2v) is 7.18. The van der Waals surface area contributed by atoms with Crippen LogP contribution in [0.3, 0.4) is 0 Å². The van der Waals surface area contributed by atoms with Gasteiger partial charge in [-0.3, -0.25) is 9.59 Å². The predicted molar refractivity (Wildman–Crippen MR) is 106 cm³/mol. The first-order valence-corrected chi connectivity index (χ1v) is 9.51. The number of amides is 1. The first-order valence-electron chi connectivity index (χ1n) is 8.57. The van der Waals surface area contributed by atoms with Gasteiger partial charge in [0.2, 0.25) is 0 Å². The summed E-state index contributed by atoms with van der Waals surface area (Å²) in [4.78, 5) is 27.3. The number of rotatable bonds is 6. The summed E-state index contributed by atoms with van der Waals surface area (Å²) >= 11 is 1.60. The minimum absolute atomic E-state index is 0.219. The Balaban J connectivity index is 1.80. The highest BCUT2D eigenvalue weighted by molar-refractivity contribution is 7.07. The number of aromatic nitrogens is 1. The minimum atomic E-state index is -0.229. The molecule has 0 saturated carbocycles. The number of nitrogens with zero attached hydrogens (tertiary/aromatic N) is 2. The number of aryl methyl sites for hydroxylation is 3. The van der Waals surface area contributed by atoms with Crippen LogP contribution in [-0.4, -0.2) is 22.4 Å². The van der Waals surface area contributed by atoms with Crippen LogP contribution in [0.2, 0.25) is 0 Å². The summed E-state index contributed by atoms with van der Waals surface area (Å²) in [6.07, 6.45) is 2.53. The molecule has 0 bridgehead atoms. The molecule has 0 saturated heterocycles. The Morgan fingerprint density at radius 2 is 1.88 bits per heavy atom. The van der Waals surface area contributed by atoms with E-state index in [0.717, 1.165) is 12.0 Å². The monoisotopic (exact) mass is 366 g/mol. The molecule has 0 atom stereocenters. The molecule has 3 aromatic rings. The summed E-state index contributed by atoms with van der Waals surface area (Å²) in [5.41, 5.74) is 3.00. The standard InChI is InChI=1S/C21H22N2O2S/c1-16-8-11-23(12-9-17-6-4-3-5-7-17)21(25)19(16)20(24)22(2)14-18-10-13-26-15-18/h3-8,10-11,13,15H,9,12,14H2,1-2H3. The predicted octanol–water partition coefficient (Wildman–Crippen LogP) is 3.73. The molecule has 0 spiro atoms. The van der Waals surface area contributed by atoms with Crippen LogP contribution in [0.25, 0.3) is 0 Å². The summed E-state index contributed by atoms with van der Waals surface area (Å²) in [7, 11) is 1.74. The Morgan fingerprint density at radius 3 is 2.58 bits per heavy atom. The molecule has 0 aliphatic carbocycles. The molecule has 2 aromatic heterocycles. The lowest BCUT2D eigenvalue weighted by Crippen LogP contribution is -2.35. The second kappa shape index (κ2) is 8.15. The average Bonchev–Trinajstić information content (AvgIpc) is 3.15. The van der Waals surface area contributed by atoms with E-state index in [4.69, 9.17) is 0 Å². The highest BCUT2D eigenvalue weighted by atomic mass is 32.1. The molecule has 3 rings (SSSR count). The lowest BCUT2D eigenvalue weighted by molar-refractivity contribution is 0.0782. The Labute approximate surface area is 157 Å². The van der Waals surface area contributed by atoms with Crippen molar-refractivity contribution in [1.82, 2.24) is 9.47 Å². The molecule has 0 unspecified atom stereocenters. The molecule has 0 aliphatic heterocycles. The summed E-state index contributed by atoms with van der Waals surface area (Å²) < 4.78 is 1.63.